The maximum absolute atomic E-state index is 9.88. The van der Waals surface area contributed by atoms with Gasteiger partial charge < -0.3 is 5.11 Å². The van der Waals surface area contributed by atoms with Gasteiger partial charge in [-0.05, 0) is 24.7 Å². The van der Waals surface area contributed by atoms with E-state index in [-0.39, 0.29) is 6.10 Å². The summed E-state index contributed by atoms with van der Waals surface area (Å²) in [7, 11) is 0. The SMILES string of the molecule is CCCC(C)C(O)CC(CC)CC. The van der Waals surface area contributed by atoms with E-state index in [2.05, 4.69) is 27.7 Å². The van der Waals surface area contributed by atoms with E-state index in [1.165, 1.54) is 19.3 Å². The number of aliphatic hydroxyl groups is 1. The van der Waals surface area contributed by atoms with E-state index < -0.39 is 0 Å². The molecule has 0 heterocycles. The first-order chi connectivity index (χ1) is 6.15. The maximum Gasteiger partial charge on any atom is 0.0568 e. The van der Waals surface area contributed by atoms with Crippen molar-refractivity contribution >= 4 is 0 Å². The van der Waals surface area contributed by atoms with E-state index in [4.69, 9.17) is 0 Å². The van der Waals surface area contributed by atoms with Crippen LogP contribution in [-0.2, 0) is 0 Å². The summed E-state index contributed by atoms with van der Waals surface area (Å²) in [4.78, 5) is 0. The maximum atomic E-state index is 9.88. The third kappa shape index (κ3) is 5.30. The minimum Gasteiger partial charge on any atom is -0.393 e. The molecule has 80 valence electrons. The van der Waals surface area contributed by atoms with E-state index in [0.29, 0.717) is 11.8 Å². The molecule has 0 bridgehead atoms. The average Bonchev–Trinajstić information content (AvgIpc) is 2.14. The van der Waals surface area contributed by atoms with Gasteiger partial charge in [-0.3, -0.25) is 0 Å². The molecule has 0 saturated carbocycles. The Kier molecular flexibility index (Phi) is 7.35. The summed E-state index contributed by atoms with van der Waals surface area (Å²) >= 11 is 0. The molecule has 0 aromatic heterocycles. The minimum atomic E-state index is -0.0788. The van der Waals surface area contributed by atoms with Gasteiger partial charge in [-0.1, -0.05) is 47.0 Å². The molecule has 0 saturated heterocycles. The molecule has 2 unspecified atom stereocenters. The summed E-state index contributed by atoms with van der Waals surface area (Å²) in [5.41, 5.74) is 0. The van der Waals surface area contributed by atoms with Crippen LogP contribution in [0.15, 0.2) is 0 Å². The van der Waals surface area contributed by atoms with Crippen LogP contribution in [0.5, 0.6) is 0 Å². The summed E-state index contributed by atoms with van der Waals surface area (Å²) in [5, 5.41) is 9.88. The molecule has 0 spiro atoms. The van der Waals surface area contributed by atoms with E-state index in [9.17, 15) is 5.11 Å². The molecule has 0 aliphatic carbocycles. The Morgan fingerprint density at radius 3 is 2.00 bits per heavy atom. The van der Waals surface area contributed by atoms with Gasteiger partial charge in [-0.15, -0.1) is 0 Å². The van der Waals surface area contributed by atoms with Crippen LogP contribution in [0, 0.1) is 11.8 Å². The highest BCUT2D eigenvalue weighted by molar-refractivity contribution is 4.68. The lowest BCUT2D eigenvalue weighted by Crippen LogP contribution is -2.21. The van der Waals surface area contributed by atoms with Crippen LogP contribution in [0.3, 0.4) is 0 Å². The van der Waals surface area contributed by atoms with Gasteiger partial charge in [0, 0.05) is 0 Å². The van der Waals surface area contributed by atoms with Crippen LogP contribution in [-0.4, -0.2) is 11.2 Å². The molecule has 0 amide bonds. The highest BCUT2D eigenvalue weighted by atomic mass is 16.3. The molecule has 13 heavy (non-hydrogen) atoms. The summed E-state index contributed by atoms with van der Waals surface area (Å²) in [6.45, 7) is 8.77. The van der Waals surface area contributed by atoms with Crippen LogP contribution in [0.1, 0.15) is 59.8 Å². The highest BCUT2D eigenvalue weighted by Gasteiger charge is 2.16. The lowest BCUT2D eigenvalue weighted by molar-refractivity contribution is 0.0833. The first kappa shape index (κ1) is 13.0. The number of hydrogen-bond donors (Lipinski definition) is 1. The van der Waals surface area contributed by atoms with Gasteiger partial charge in [0.1, 0.15) is 0 Å². The molecule has 0 aromatic rings. The number of hydrogen-bond acceptors (Lipinski definition) is 1. The molecular weight excluding hydrogens is 160 g/mol. The fraction of sp³-hybridized carbons (Fsp3) is 1.00. The van der Waals surface area contributed by atoms with Crippen LogP contribution in [0.25, 0.3) is 0 Å². The van der Waals surface area contributed by atoms with Crippen molar-refractivity contribution in [2.24, 2.45) is 11.8 Å². The van der Waals surface area contributed by atoms with Crippen molar-refractivity contribution in [2.45, 2.75) is 65.9 Å². The Bertz CT molecular complexity index is 108. The Morgan fingerprint density at radius 1 is 1.08 bits per heavy atom. The minimum absolute atomic E-state index is 0.0788. The number of rotatable bonds is 7. The van der Waals surface area contributed by atoms with Crippen LogP contribution >= 0.6 is 0 Å². The molecule has 0 aromatic carbocycles. The first-order valence-corrected chi connectivity index (χ1v) is 5.83. The standard InChI is InChI=1S/C12H26O/c1-5-8-10(4)12(13)9-11(6-2)7-3/h10-13H,5-9H2,1-4H3. The van der Waals surface area contributed by atoms with Crippen molar-refractivity contribution in [1.82, 2.24) is 0 Å². The van der Waals surface area contributed by atoms with Crippen molar-refractivity contribution in [3.05, 3.63) is 0 Å². The van der Waals surface area contributed by atoms with Crippen LogP contribution < -0.4 is 0 Å². The molecular formula is C12H26O. The molecule has 2 atom stereocenters. The second kappa shape index (κ2) is 7.37. The van der Waals surface area contributed by atoms with E-state index in [0.717, 1.165) is 12.8 Å². The molecule has 0 fully saturated rings. The van der Waals surface area contributed by atoms with Crippen molar-refractivity contribution in [1.29, 1.82) is 0 Å². The molecule has 1 nitrogen and oxygen atoms in total. The van der Waals surface area contributed by atoms with E-state index >= 15 is 0 Å². The molecule has 1 N–H and O–H groups in total. The Hall–Kier alpha value is -0.0400. The average molecular weight is 186 g/mol. The van der Waals surface area contributed by atoms with Gasteiger partial charge in [-0.25, -0.2) is 0 Å². The zero-order valence-corrected chi connectivity index (χ0v) is 9.71. The van der Waals surface area contributed by atoms with Crippen molar-refractivity contribution in [3.8, 4) is 0 Å². The second-order valence-electron chi connectivity index (χ2n) is 4.25. The smallest absolute Gasteiger partial charge is 0.0568 e. The summed E-state index contributed by atoms with van der Waals surface area (Å²) in [5.74, 6) is 1.19. The van der Waals surface area contributed by atoms with E-state index in [1.54, 1.807) is 0 Å². The highest BCUT2D eigenvalue weighted by Crippen LogP contribution is 2.21. The van der Waals surface area contributed by atoms with Gasteiger partial charge in [0.15, 0.2) is 0 Å². The van der Waals surface area contributed by atoms with Crippen molar-refractivity contribution in [2.75, 3.05) is 0 Å². The molecule has 0 aliphatic heterocycles. The predicted molar refractivity (Wildman–Crippen MR) is 58.8 cm³/mol. The molecule has 0 rings (SSSR count). The molecule has 0 aliphatic rings. The quantitative estimate of drug-likeness (QED) is 0.644. The lowest BCUT2D eigenvalue weighted by atomic mass is 9.89. The van der Waals surface area contributed by atoms with E-state index in [1.807, 2.05) is 0 Å². The zero-order chi connectivity index (χ0) is 10.3. The molecule has 0 radical (unpaired) electrons. The predicted octanol–water partition coefficient (Wildman–Crippen LogP) is 3.61. The monoisotopic (exact) mass is 186 g/mol. The summed E-state index contributed by atoms with van der Waals surface area (Å²) in [6.07, 6.45) is 5.65. The van der Waals surface area contributed by atoms with Gasteiger partial charge in [0.2, 0.25) is 0 Å². The Morgan fingerprint density at radius 2 is 1.62 bits per heavy atom. The van der Waals surface area contributed by atoms with Crippen molar-refractivity contribution < 1.29 is 5.11 Å². The topological polar surface area (TPSA) is 20.2 Å². The lowest BCUT2D eigenvalue weighted by Gasteiger charge is -2.22. The largest absolute Gasteiger partial charge is 0.393 e. The second-order valence-corrected chi connectivity index (χ2v) is 4.25. The first-order valence-electron chi connectivity index (χ1n) is 5.83. The van der Waals surface area contributed by atoms with Gasteiger partial charge in [0.25, 0.3) is 0 Å². The molecule has 1 heteroatoms. The Balaban J connectivity index is 3.75. The normalized spacial score (nSPS) is 16.2. The van der Waals surface area contributed by atoms with Gasteiger partial charge in [-0.2, -0.15) is 0 Å². The zero-order valence-electron chi connectivity index (χ0n) is 9.71. The third-order valence-electron chi connectivity index (χ3n) is 3.13. The summed E-state index contributed by atoms with van der Waals surface area (Å²) < 4.78 is 0. The Labute approximate surface area is 83.5 Å². The van der Waals surface area contributed by atoms with Crippen LogP contribution in [0.2, 0.25) is 0 Å². The fourth-order valence-electron chi connectivity index (χ4n) is 1.84. The van der Waals surface area contributed by atoms with Gasteiger partial charge in [0.05, 0.1) is 6.10 Å². The van der Waals surface area contributed by atoms with Crippen molar-refractivity contribution in [3.63, 3.8) is 0 Å². The number of aliphatic hydroxyl groups excluding tert-OH is 1. The fourth-order valence-corrected chi connectivity index (χ4v) is 1.84. The van der Waals surface area contributed by atoms with Gasteiger partial charge >= 0.3 is 0 Å². The van der Waals surface area contributed by atoms with Crippen LogP contribution in [0.4, 0.5) is 0 Å². The third-order valence-corrected chi connectivity index (χ3v) is 3.13. The summed E-state index contributed by atoms with van der Waals surface area (Å²) in [6, 6.07) is 0.